The summed E-state index contributed by atoms with van der Waals surface area (Å²) in [6.07, 6.45) is 19.7. The molecule has 6 nitrogen and oxygen atoms in total. The second-order valence-electron chi connectivity index (χ2n) is 10.8. The smallest absolute Gasteiger partial charge is 0.502 e. The van der Waals surface area contributed by atoms with Gasteiger partial charge in [0.15, 0.2) is 11.5 Å². The van der Waals surface area contributed by atoms with Crippen LogP contribution in [0.15, 0.2) is 0 Å². The predicted molar refractivity (Wildman–Crippen MR) is 161 cm³/mol. The molecule has 2 N–H and O–H groups in total. The Kier molecular flexibility index (Phi) is 20.3. The monoisotopic (exact) mass is 550 g/mol. The lowest BCUT2D eigenvalue weighted by Crippen LogP contribution is -2.12. The van der Waals surface area contributed by atoms with Crippen molar-refractivity contribution in [2.45, 2.75) is 156 Å². The molecule has 0 heterocycles. The lowest BCUT2D eigenvalue weighted by Gasteiger charge is -2.23. The summed E-state index contributed by atoms with van der Waals surface area (Å²) in [5.41, 5.74) is 1.72. The number of aromatic hydroxyl groups is 1. The molecule has 1 rings (SSSR count). The van der Waals surface area contributed by atoms with Gasteiger partial charge in [-0.25, -0.2) is 4.79 Å². The SMILES string of the molecule is CCCCCCCCc1c(CCCCCCCC)c(OCCCCC)c(OCCCCC)c(O)c1OC(=O)O. The Bertz CT molecular complexity index is 776. The third kappa shape index (κ3) is 14.2. The van der Waals surface area contributed by atoms with Crippen molar-refractivity contribution in [1.29, 1.82) is 0 Å². The lowest BCUT2D eigenvalue weighted by molar-refractivity contribution is 0.141. The van der Waals surface area contributed by atoms with Gasteiger partial charge in [0.1, 0.15) is 0 Å². The van der Waals surface area contributed by atoms with Crippen molar-refractivity contribution in [3.05, 3.63) is 11.1 Å². The van der Waals surface area contributed by atoms with Gasteiger partial charge in [0, 0.05) is 11.1 Å². The van der Waals surface area contributed by atoms with Gasteiger partial charge in [-0.3, -0.25) is 0 Å². The molecule has 39 heavy (non-hydrogen) atoms. The average Bonchev–Trinajstić information content (AvgIpc) is 2.92. The van der Waals surface area contributed by atoms with Crippen molar-refractivity contribution in [2.24, 2.45) is 0 Å². The van der Waals surface area contributed by atoms with Gasteiger partial charge in [0.05, 0.1) is 13.2 Å². The summed E-state index contributed by atoms with van der Waals surface area (Å²) in [6.45, 7) is 9.70. The van der Waals surface area contributed by atoms with Gasteiger partial charge in [0.2, 0.25) is 11.5 Å². The van der Waals surface area contributed by atoms with E-state index >= 15 is 0 Å². The van der Waals surface area contributed by atoms with Crippen LogP contribution in [0.5, 0.6) is 23.0 Å². The topological polar surface area (TPSA) is 85.2 Å². The first kappa shape index (κ1) is 34.9. The fourth-order valence-electron chi connectivity index (χ4n) is 4.99. The largest absolute Gasteiger partial charge is 0.511 e. The normalized spacial score (nSPS) is 11.1. The summed E-state index contributed by atoms with van der Waals surface area (Å²) in [4.78, 5) is 11.7. The Balaban J connectivity index is 3.42. The molecular formula is C33H58O6. The van der Waals surface area contributed by atoms with E-state index < -0.39 is 6.16 Å². The maximum atomic E-state index is 11.7. The minimum Gasteiger partial charge on any atom is -0.502 e. The van der Waals surface area contributed by atoms with Gasteiger partial charge >= 0.3 is 6.16 Å². The molecule has 0 aliphatic carbocycles. The van der Waals surface area contributed by atoms with Crippen molar-refractivity contribution < 1.29 is 29.2 Å². The van der Waals surface area contributed by atoms with Gasteiger partial charge in [-0.15, -0.1) is 0 Å². The van der Waals surface area contributed by atoms with Crippen molar-refractivity contribution >= 4 is 6.16 Å². The van der Waals surface area contributed by atoms with Crippen molar-refractivity contribution in [3.63, 3.8) is 0 Å². The van der Waals surface area contributed by atoms with E-state index in [-0.39, 0.29) is 17.2 Å². The number of ether oxygens (including phenoxy) is 3. The van der Waals surface area contributed by atoms with Crippen LogP contribution < -0.4 is 14.2 Å². The summed E-state index contributed by atoms with van der Waals surface area (Å²) in [6, 6.07) is 0. The Morgan fingerprint density at radius 3 is 1.38 bits per heavy atom. The number of phenolic OH excluding ortho intramolecular Hbond substituents is 1. The zero-order valence-corrected chi connectivity index (χ0v) is 25.6. The summed E-state index contributed by atoms with van der Waals surface area (Å²) in [5.74, 6) is 0.620. The standard InChI is InChI=1S/C33H58O6/c1-5-9-13-15-17-19-23-27-28(24-20-18-16-14-10-6-2)31(37-25-21-11-7-3)32(38-26-22-12-8-4)29(34)30(27)39-33(35)36/h34H,5-26H2,1-4H3,(H,35,36). The second kappa shape index (κ2) is 22.7. The first-order valence-corrected chi connectivity index (χ1v) is 16.1. The van der Waals surface area contributed by atoms with Gasteiger partial charge in [-0.2, -0.15) is 0 Å². The van der Waals surface area contributed by atoms with E-state index in [1.807, 2.05) is 0 Å². The molecule has 0 fully saturated rings. The number of phenols is 1. The molecule has 0 atom stereocenters. The Morgan fingerprint density at radius 1 is 0.538 bits per heavy atom. The molecule has 0 saturated carbocycles. The van der Waals surface area contributed by atoms with Crippen LogP contribution in [0.4, 0.5) is 4.79 Å². The van der Waals surface area contributed by atoms with E-state index in [2.05, 4.69) is 27.7 Å². The fourth-order valence-corrected chi connectivity index (χ4v) is 4.99. The number of unbranched alkanes of at least 4 members (excludes halogenated alkanes) is 14. The van der Waals surface area contributed by atoms with Crippen molar-refractivity contribution in [2.75, 3.05) is 13.2 Å². The minimum atomic E-state index is -1.42. The summed E-state index contributed by atoms with van der Waals surface area (Å²) in [7, 11) is 0. The minimum absolute atomic E-state index is 0.0310. The highest BCUT2D eigenvalue weighted by molar-refractivity contribution is 5.71. The van der Waals surface area contributed by atoms with E-state index in [1.165, 1.54) is 44.9 Å². The number of hydrogen-bond donors (Lipinski definition) is 2. The average molecular weight is 551 g/mol. The zero-order chi connectivity index (χ0) is 28.7. The molecule has 0 unspecified atom stereocenters. The molecule has 0 amide bonds. The lowest BCUT2D eigenvalue weighted by atomic mass is 9.93. The number of hydrogen-bond acceptors (Lipinski definition) is 5. The van der Waals surface area contributed by atoms with Crippen LogP contribution in [-0.2, 0) is 12.8 Å². The van der Waals surface area contributed by atoms with E-state index in [4.69, 9.17) is 14.2 Å². The molecule has 0 saturated heterocycles. The Labute approximate surface area is 238 Å². The maximum Gasteiger partial charge on any atom is 0.511 e. The van der Waals surface area contributed by atoms with E-state index in [9.17, 15) is 15.0 Å². The summed E-state index contributed by atoms with van der Waals surface area (Å²) in [5, 5.41) is 20.9. The van der Waals surface area contributed by atoms with Gasteiger partial charge < -0.3 is 24.4 Å². The molecule has 226 valence electrons. The highest BCUT2D eigenvalue weighted by Crippen LogP contribution is 2.50. The Morgan fingerprint density at radius 2 is 0.923 bits per heavy atom. The Hall–Kier alpha value is -2.11. The molecule has 0 radical (unpaired) electrons. The molecular weight excluding hydrogens is 492 g/mol. The van der Waals surface area contributed by atoms with Crippen LogP contribution in [0.1, 0.15) is 154 Å². The van der Waals surface area contributed by atoms with Gasteiger partial charge in [-0.05, 0) is 38.5 Å². The van der Waals surface area contributed by atoms with Gasteiger partial charge in [0.25, 0.3) is 0 Å². The van der Waals surface area contributed by atoms with Crippen LogP contribution in [-0.4, -0.2) is 29.6 Å². The highest BCUT2D eigenvalue weighted by Gasteiger charge is 2.28. The molecule has 0 aliphatic heterocycles. The second-order valence-corrected chi connectivity index (χ2v) is 10.8. The molecule has 0 spiro atoms. The van der Waals surface area contributed by atoms with Gasteiger partial charge in [-0.1, -0.05) is 118 Å². The fraction of sp³-hybridized carbons (Fsp3) is 0.788. The molecule has 0 aromatic heterocycles. The third-order valence-electron chi connectivity index (χ3n) is 7.29. The van der Waals surface area contributed by atoms with Crippen LogP contribution in [0.25, 0.3) is 0 Å². The first-order valence-electron chi connectivity index (χ1n) is 16.1. The highest BCUT2D eigenvalue weighted by atomic mass is 16.7. The van der Waals surface area contributed by atoms with Crippen LogP contribution >= 0.6 is 0 Å². The third-order valence-corrected chi connectivity index (χ3v) is 7.29. The van der Waals surface area contributed by atoms with E-state index in [0.717, 1.165) is 88.2 Å². The molecule has 1 aromatic rings. The maximum absolute atomic E-state index is 11.7. The molecule has 6 heteroatoms. The van der Waals surface area contributed by atoms with Crippen LogP contribution in [0.3, 0.4) is 0 Å². The number of benzene rings is 1. The van der Waals surface area contributed by atoms with E-state index in [0.29, 0.717) is 25.4 Å². The quantitative estimate of drug-likeness (QED) is 0.0715. The molecule has 0 bridgehead atoms. The summed E-state index contributed by atoms with van der Waals surface area (Å²) < 4.78 is 17.8. The summed E-state index contributed by atoms with van der Waals surface area (Å²) >= 11 is 0. The molecule has 0 aliphatic rings. The van der Waals surface area contributed by atoms with Crippen LogP contribution in [0.2, 0.25) is 0 Å². The van der Waals surface area contributed by atoms with E-state index in [1.54, 1.807) is 0 Å². The number of rotatable bonds is 25. The molecule has 1 aromatic carbocycles. The number of carboxylic acid groups (broad SMARTS) is 1. The zero-order valence-electron chi connectivity index (χ0n) is 25.6. The van der Waals surface area contributed by atoms with Crippen molar-refractivity contribution in [3.8, 4) is 23.0 Å². The van der Waals surface area contributed by atoms with Crippen LogP contribution in [0, 0.1) is 0 Å². The van der Waals surface area contributed by atoms with Crippen molar-refractivity contribution in [1.82, 2.24) is 0 Å². The first-order chi connectivity index (χ1) is 19.0. The predicted octanol–water partition coefficient (Wildman–Crippen LogP) is 10.4. The number of carbonyl (C=O) groups is 1.